The fourth-order valence-corrected chi connectivity index (χ4v) is 2.38. The van der Waals surface area contributed by atoms with Crippen LogP contribution < -0.4 is 16.0 Å². The van der Waals surface area contributed by atoms with Crippen LogP contribution in [0.15, 0.2) is 0 Å². The third-order valence-electron chi connectivity index (χ3n) is 3.93. The van der Waals surface area contributed by atoms with E-state index in [2.05, 4.69) is 22.9 Å². The monoisotopic (exact) mass is 225 g/mol. The highest BCUT2D eigenvalue weighted by Crippen LogP contribution is 2.18. The van der Waals surface area contributed by atoms with Crippen LogP contribution in [-0.4, -0.2) is 31.7 Å². The second kappa shape index (κ2) is 5.53. The van der Waals surface area contributed by atoms with E-state index in [1.165, 1.54) is 12.8 Å². The van der Waals surface area contributed by atoms with Gasteiger partial charge in [0.15, 0.2) is 0 Å². The number of urea groups is 1. The lowest BCUT2D eigenvalue weighted by atomic mass is 9.88. The second-order valence-corrected chi connectivity index (χ2v) is 5.21. The number of amides is 2. The van der Waals surface area contributed by atoms with Crippen molar-refractivity contribution in [3.63, 3.8) is 0 Å². The Hall–Kier alpha value is -0.770. The second-order valence-electron chi connectivity index (χ2n) is 5.21. The lowest BCUT2D eigenvalue weighted by molar-refractivity contribution is 0.218. The topological polar surface area (TPSA) is 53.2 Å². The summed E-state index contributed by atoms with van der Waals surface area (Å²) < 4.78 is 0. The van der Waals surface area contributed by atoms with E-state index in [0.717, 1.165) is 32.5 Å². The zero-order valence-corrected chi connectivity index (χ0v) is 10.1. The molecule has 0 bridgehead atoms. The molecule has 16 heavy (non-hydrogen) atoms. The van der Waals surface area contributed by atoms with Gasteiger partial charge in [0, 0.05) is 12.6 Å². The predicted octanol–water partition coefficient (Wildman–Crippen LogP) is 1.08. The molecule has 1 heterocycles. The summed E-state index contributed by atoms with van der Waals surface area (Å²) in [5.74, 6) is 1.30. The van der Waals surface area contributed by atoms with E-state index in [1.807, 2.05) is 0 Å². The van der Waals surface area contributed by atoms with E-state index < -0.39 is 0 Å². The molecule has 1 aliphatic heterocycles. The molecule has 2 fully saturated rings. The van der Waals surface area contributed by atoms with Gasteiger partial charge in [-0.25, -0.2) is 4.79 Å². The number of hydrogen-bond acceptors (Lipinski definition) is 2. The van der Waals surface area contributed by atoms with E-state index in [9.17, 15) is 4.79 Å². The van der Waals surface area contributed by atoms with Crippen molar-refractivity contribution < 1.29 is 4.79 Å². The first kappa shape index (κ1) is 11.7. The van der Waals surface area contributed by atoms with Gasteiger partial charge in [0.05, 0.1) is 0 Å². The van der Waals surface area contributed by atoms with Gasteiger partial charge in [-0.1, -0.05) is 6.92 Å². The molecule has 4 nitrogen and oxygen atoms in total. The number of carbonyl (C=O) groups excluding carboxylic acids is 1. The maximum atomic E-state index is 11.6. The normalized spacial score (nSPS) is 30.6. The smallest absolute Gasteiger partial charge is 0.315 e. The molecule has 0 radical (unpaired) electrons. The van der Waals surface area contributed by atoms with E-state index >= 15 is 0 Å². The molecule has 1 aliphatic carbocycles. The van der Waals surface area contributed by atoms with Crippen LogP contribution in [-0.2, 0) is 0 Å². The summed E-state index contributed by atoms with van der Waals surface area (Å²) in [6.07, 6.45) is 4.73. The molecule has 2 aliphatic rings. The standard InChI is InChI=1S/C12H23N3O/c1-9-7-13-6-5-10(9)8-14-12(16)15-11-3-2-4-11/h9-11,13H,2-8H2,1H3,(H2,14,15,16). The van der Waals surface area contributed by atoms with Crippen molar-refractivity contribution >= 4 is 6.03 Å². The van der Waals surface area contributed by atoms with Gasteiger partial charge in [-0.05, 0) is 50.6 Å². The number of nitrogens with one attached hydrogen (secondary N) is 3. The molecule has 0 spiro atoms. The lowest BCUT2D eigenvalue weighted by Crippen LogP contribution is -2.48. The summed E-state index contributed by atoms with van der Waals surface area (Å²) in [6.45, 7) is 5.24. The van der Waals surface area contributed by atoms with E-state index in [0.29, 0.717) is 17.9 Å². The molecule has 1 saturated heterocycles. The largest absolute Gasteiger partial charge is 0.338 e. The first-order chi connectivity index (χ1) is 7.75. The highest BCUT2D eigenvalue weighted by molar-refractivity contribution is 5.74. The van der Waals surface area contributed by atoms with Crippen molar-refractivity contribution in [3.05, 3.63) is 0 Å². The van der Waals surface area contributed by atoms with E-state index in [4.69, 9.17) is 0 Å². The van der Waals surface area contributed by atoms with Crippen molar-refractivity contribution in [2.75, 3.05) is 19.6 Å². The predicted molar refractivity (Wildman–Crippen MR) is 64.3 cm³/mol. The Morgan fingerprint density at radius 2 is 2.19 bits per heavy atom. The summed E-state index contributed by atoms with van der Waals surface area (Å²) in [5, 5.41) is 9.38. The van der Waals surface area contributed by atoms with Crippen molar-refractivity contribution in [2.24, 2.45) is 11.8 Å². The highest BCUT2D eigenvalue weighted by Gasteiger charge is 2.23. The van der Waals surface area contributed by atoms with Crippen LogP contribution in [0.3, 0.4) is 0 Å². The average molecular weight is 225 g/mol. The van der Waals surface area contributed by atoms with Crippen LogP contribution in [0, 0.1) is 11.8 Å². The number of hydrogen-bond donors (Lipinski definition) is 3. The summed E-state index contributed by atoms with van der Waals surface area (Å²) in [7, 11) is 0. The first-order valence-corrected chi connectivity index (χ1v) is 6.51. The fraction of sp³-hybridized carbons (Fsp3) is 0.917. The quantitative estimate of drug-likeness (QED) is 0.673. The zero-order valence-electron chi connectivity index (χ0n) is 10.1. The zero-order chi connectivity index (χ0) is 11.4. The minimum absolute atomic E-state index is 0.0235. The Labute approximate surface area is 97.6 Å². The van der Waals surface area contributed by atoms with E-state index in [-0.39, 0.29) is 6.03 Å². The van der Waals surface area contributed by atoms with Gasteiger partial charge in [-0.2, -0.15) is 0 Å². The molecule has 2 amide bonds. The van der Waals surface area contributed by atoms with Crippen LogP contribution in [0.5, 0.6) is 0 Å². The molecular formula is C12H23N3O. The Morgan fingerprint density at radius 1 is 1.38 bits per heavy atom. The number of rotatable bonds is 3. The molecule has 1 saturated carbocycles. The van der Waals surface area contributed by atoms with Crippen LogP contribution >= 0.6 is 0 Å². The Morgan fingerprint density at radius 3 is 2.81 bits per heavy atom. The third kappa shape index (κ3) is 3.11. The summed E-state index contributed by atoms with van der Waals surface area (Å²) in [6, 6.07) is 0.459. The average Bonchev–Trinajstić information content (AvgIpc) is 2.22. The Bertz CT molecular complexity index is 240. The summed E-state index contributed by atoms with van der Waals surface area (Å²) >= 11 is 0. The molecular weight excluding hydrogens is 202 g/mol. The third-order valence-corrected chi connectivity index (χ3v) is 3.93. The van der Waals surface area contributed by atoms with Crippen LogP contribution in [0.2, 0.25) is 0 Å². The summed E-state index contributed by atoms with van der Waals surface area (Å²) in [5.41, 5.74) is 0. The molecule has 3 N–H and O–H groups in total. The van der Waals surface area contributed by atoms with Gasteiger partial charge in [0.1, 0.15) is 0 Å². The van der Waals surface area contributed by atoms with Gasteiger partial charge < -0.3 is 16.0 Å². The minimum atomic E-state index is 0.0235. The fourth-order valence-electron chi connectivity index (χ4n) is 2.38. The summed E-state index contributed by atoms with van der Waals surface area (Å²) in [4.78, 5) is 11.6. The molecule has 0 aromatic carbocycles. The lowest BCUT2D eigenvalue weighted by Gasteiger charge is -2.30. The van der Waals surface area contributed by atoms with Gasteiger partial charge in [0.25, 0.3) is 0 Å². The Balaban J connectivity index is 1.63. The van der Waals surface area contributed by atoms with Crippen molar-refractivity contribution in [1.29, 1.82) is 0 Å². The van der Waals surface area contributed by atoms with E-state index in [1.54, 1.807) is 0 Å². The maximum Gasteiger partial charge on any atom is 0.315 e. The maximum absolute atomic E-state index is 11.6. The molecule has 0 aromatic rings. The van der Waals surface area contributed by atoms with Crippen LogP contribution in [0.25, 0.3) is 0 Å². The van der Waals surface area contributed by atoms with Crippen LogP contribution in [0.4, 0.5) is 4.79 Å². The molecule has 92 valence electrons. The molecule has 4 heteroatoms. The first-order valence-electron chi connectivity index (χ1n) is 6.51. The molecule has 2 unspecified atom stereocenters. The molecule has 2 atom stereocenters. The molecule has 0 aromatic heterocycles. The van der Waals surface area contributed by atoms with Gasteiger partial charge in [0.2, 0.25) is 0 Å². The molecule has 2 rings (SSSR count). The van der Waals surface area contributed by atoms with Gasteiger partial charge in [-0.15, -0.1) is 0 Å². The number of piperidine rings is 1. The van der Waals surface area contributed by atoms with Gasteiger partial charge >= 0.3 is 6.03 Å². The highest BCUT2D eigenvalue weighted by atomic mass is 16.2. The Kier molecular flexibility index (Phi) is 4.04. The van der Waals surface area contributed by atoms with Crippen molar-refractivity contribution in [1.82, 2.24) is 16.0 Å². The minimum Gasteiger partial charge on any atom is -0.338 e. The van der Waals surface area contributed by atoms with Crippen molar-refractivity contribution in [3.8, 4) is 0 Å². The van der Waals surface area contributed by atoms with Crippen molar-refractivity contribution in [2.45, 2.75) is 38.6 Å². The van der Waals surface area contributed by atoms with Crippen LogP contribution in [0.1, 0.15) is 32.6 Å². The number of carbonyl (C=O) groups is 1. The van der Waals surface area contributed by atoms with Gasteiger partial charge in [-0.3, -0.25) is 0 Å². The SMILES string of the molecule is CC1CNCCC1CNC(=O)NC1CCC1.